The van der Waals surface area contributed by atoms with E-state index in [1.807, 2.05) is 0 Å². The van der Waals surface area contributed by atoms with Crippen molar-refractivity contribution in [1.29, 1.82) is 0 Å². The van der Waals surface area contributed by atoms with Crippen LogP contribution in [0.25, 0.3) is 0 Å². The van der Waals surface area contributed by atoms with Crippen molar-refractivity contribution in [1.82, 2.24) is 10.6 Å². The third-order valence-electron chi connectivity index (χ3n) is 2.21. The van der Waals surface area contributed by atoms with Crippen LogP contribution in [-0.2, 0) is 9.59 Å². The molecule has 0 spiro atoms. The van der Waals surface area contributed by atoms with E-state index < -0.39 is 29.6 Å². The second-order valence-electron chi connectivity index (χ2n) is 4.34. The van der Waals surface area contributed by atoms with Crippen LogP contribution >= 0.6 is 0 Å². The van der Waals surface area contributed by atoms with Gasteiger partial charge in [0, 0.05) is 6.54 Å². The van der Waals surface area contributed by atoms with Crippen molar-refractivity contribution < 1.29 is 19.8 Å². The van der Waals surface area contributed by atoms with E-state index in [1.165, 1.54) is 12.2 Å². The fourth-order valence-corrected chi connectivity index (χ4v) is 1.01. The maximum atomic E-state index is 11.6. The van der Waals surface area contributed by atoms with Gasteiger partial charge in [0.25, 0.3) is 11.8 Å². The highest BCUT2D eigenvalue weighted by Crippen LogP contribution is 2.04. The van der Waals surface area contributed by atoms with Crippen LogP contribution in [0.4, 0.5) is 0 Å². The molecule has 0 bridgehead atoms. The number of hydrogen-bond acceptors (Lipinski definition) is 4. The van der Waals surface area contributed by atoms with Crippen LogP contribution in [0, 0.1) is 0 Å². The quantitative estimate of drug-likeness (QED) is 0.443. The minimum absolute atomic E-state index is 0.141. The molecule has 0 aliphatic rings. The average Bonchev–Trinajstić information content (AvgIpc) is 2.33. The highest BCUT2D eigenvalue weighted by molar-refractivity contribution is 5.91. The van der Waals surface area contributed by atoms with E-state index >= 15 is 0 Å². The van der Waals surface area contributed by atoms with Gasteiger partial charge < -0.3 is 20.8 Å². The van der Waals surface area contributed by atoms with Crippen molar-refractivity contribution in [2.45, 2.75) is 31.6 Å². The zero-order valence-electron chi connectivity index (χ0n) is 10.6. The zero-order chi connectivity index (χ0) is 14.3. The van der Waals surface area contributed by atoms with E-state index in [0.717, 1.165) is 0 Å². The molecule has 2 atom stereocenters. The number of amides is 2. The van der Waals surface area contributed by atoms with E-state index in [9.17, 15) is 19.8 Å². The van der Waals surface area contributed by atoms with E-state index in [-0.39, 0.29) is 6.54 Å². The Morgan fingerprint density at radius 1 is 1.22 bits per heavy atom. The fourth-order valence-electron chi connectivity index (χ4n) is 1.01. The topological polar surface area (TPSA) is 98.7 Å². The smallest absolute Gasteiger partial charge is 0.252 e. The normalized spacial score (nSPS) is 14.2. The number of rotatable bonds is 7. The van der Waals surface area contributed by atoms with E-state index in [1.54, 1.807) is 13.8 Å². The number of hydrogen-bond donors (Lipinski definition) is 4. The predicted molar refractivity (Wildman–Crippen MR) is 67.6 cm³/mol. The molecule has 102 valence electrons. The number of nitrogens with one attached hydrogen (secondary N) is 2. The van der Waals surface area contributed by atoms with Crippen LogP contribution in [0.3, 0.4) is 0 Å². The molecule has 6 heteroatoms. The SMILES string of the molecule is C=CCNC(=O)C(O)C(O)C(=O)NC(C)(C)C=C. The summed E-state index contributed by atoms with van der Waals surface area (Å²) in [4.78, 5) is 22.9. The van der Waals surface area contributed by atoms with Crippen molar-refractivity contribution in [3.05, 3.63) is 25.3 Å². The summed E-state index contributed by atoms with van der Waals surface area (Å²) < 4.78 is 0. The number of carbonyl (C=O) groups excluding carboxylic acids is 2. The third kappa shape index (κ3) is 5.11. The summed E-state index contributed by atoms with van der Waals surface area (Å²) in [7, 11) is 0. The van der Waals surface area contributed by atoms with Gasteiger partial charge in [0.2, 0.25) is 0 Å². The minimum Gasteiger partial charge on any atom is -0.380 e. The first-order valence-corrected chi connectivity index (χ1v) is 5.45. The fraction of sp³-hybridized carbons (Fsp3) is 0.500. The van der Waals surface area contributed by atoms with Crippen LogP contribution in [-0.4, -0.2) is 46.3 Å². The Hall–Kier alpha value is -1.66. The van der Waals surface area contributed by atoms with Crippen LogP contribution in [0.1, 0.15) is 13.8 Å². The van der Waals surface area contributed by atoms with Crippen molar-refractivity contribution >= 4 is 11.8 Å². The maximum absolute atomic E-state index is 11.6. The Kier molecular flexibility index (Phi) is 6.29. The van der Waals surface area contributed by atoms with Crippen LogP contribution in [0.15, 0.2) is 25.3 Å². The standard InChI is InChI=1S/C12H20N2O4/c1-5-7-13-10(17)8(15)9(16)11(18)14-12(3,4)6-2/h5-6,8-9,15-16H,1-2,7H2,3-4H3,(H,13,17)(H,14,18). The summed E-state index contributed by atoms with van der Waals surface area (Å²) in [5.74, 6) is -1.69. The van der Waals surface area contributed by atoms with E-state index in [2.05, 4.69) is 23.8 Å². The van der Waals surface area contributed by atoms with Crippen LogP contribution in [0.2, 0.25) is 0 Å². The summed E-state index contributed by atoms with van der Waals surface area (Å²) in [5, 5.41) is 23.7. The highest BCUT2D eigenvalue weighted by Gasteiger charge is 2.32. The minimum atomic E-state index is -1.84. The number of carbonyl (C=O) groups is 2. The van der Waals surface area contributed by atoms with E-state index in [0.29, 0.717) is 0 Å². The highest BCUT2D eigenvalue weighted by atomic mass is 16.3. The zero-order valence-corrected chi connectivity index (χ0v) is 10.6. The molecule has 0 rings (SSSR count). The lowest BCUT2D eigenvalue weighted by Gasteiger charge is -2.25. The molecule has 0 aromatic rings. The van der Waals surface area contributed by atoms with Crippen LogP contribution < -0.4 is 10.6 Å². The lowest BCUT2D eigenvalue weighted by molar-refractivity contribution is -0.146. The Morgan fingerprint density at radius 2 is 1.72 bits per heavy atom. The molecule has 0 saturated heterocycles. The van der Waals surface area contributed by atoms with Gasteiger partial charge in [0.1, 0.15) is 0 Å². The van der Waals surface area contributed by atoms with Gasteiger partial charge in [-0.2, -0.15) is 0 Å². The first kappa shape index (κ1) is 16.3. The first-order valence-electron chi connectivity index (χ1n) is 5.45. The molecule has 0 aliphatic carbocycles. The van der Waals surface area contributed by atoms with Gasteiger partial charge in [0.05, 0.1) is 5.54 Å². The number of aliphatic hydroxyl groups excluding tert-OH is 2. The summed E-state index contributed by atoms with van der Waals surface area (Å²) >= 11 is 0. The molecular formula is C12H20N2O4. The summed E-state index contributed by atoms with van der Waals surface area (Å²) in [6.07, 6.45) is -0.778. The molecule has 0 aromatic carbocycles. The summed E-state index contributed by atoms with van der Waals surface area (Å²) in [6.45, 7) is 10.4. The Labute approximate surface area is 106 Å². The number of aliphatic hydroxyl groups is 2. The second-order valence-corrected chi connectivity index (χ2v) is 4.34. The summed E-state index contributed by atoms with van der Waals surface area (Å²) in [5.41, 5.74) is -0.741. The van der Waals surface area contributed by atoms with Gasteiger partial charge in [-0.3, -0.25) is 9.59 Å². The Morgan fingerprint density at radius 3 is 2.17 bits per heavy atom. The van der Waals surface area contributed by atoms with Gasteiger partial charge in [0.15, 0.2) is 12.2 Å². The molecule has 0 fully saturated rings. The van der Waals surface area contributed by atoms with Gasteiger partial charge in [-0.15, -0.1) is 13.2 Å². The van der Waals surface area contributed by atoms with Gasteiger partial charge >= 0.3 is 0 Å². The molecule has 6 nitrogen and oxygen atoms in total. The summed E-state index contributed by atoms with van der Waals surface area (Å²) in [6, 6.07) is 0. The van der Waals surface area contributed by atoms with Crippen molar-refractivity contribution in [3.63, 3.8) is 0 Å². The van der Waals surface area contributed by atoms with Crippen molar-refractivity contribution in [2.24, 2.45) is 0 Å². The largest absolute Gasteiger partial charge is 0.380 e. The Bertz CT molecular complexity index is 339. The molecule has 2 amide bonds. The monoisotopic (exact) mass is 256 g/mol. The lowest BCUT2D eigenvalue weighted by Crippen LogP contribution is -2.53. The van der Waals surface area contributed by atoms with Gasteiger partial charge in [-0.1, -0.05) is 12.2 Å². The second kappa shape index (κ2) is 6.93. The molecule has 0 aromatic heterocycles. The molecule has 18 heavy (non-hydrogen) atoms. The van der Waals surface area contributed by atoms with Crippen molar-refractivity contribution in [3.8, 4) is 0 Å². The predicted octanol–water partition coefficient (Wildman–Crippen LogP) is -0.909. The maximum Gasteiger partial charge on any atom is 0.252 e. The molecular weight excluding hydrogens is 236 g/mol. The molecule has 0 radical (unpaired) electrons. The Balaban J connectivity index is 4.49. The first-order chi connectivity index (χ1) is 8.25. The van der Waals surface area contributed by atoms with Crippen LogP contribution in [0.5, 0.6) is 0 Å². The van der Waals surface area contributed by atoms with Crippen molar-refractivity contribution in [2.75, 3.05) is 6.54 Å². The average molecular weight is 256 g/mol. The third-order valence-corrected chi connectivity index (χ3v) is 2.21. The molecule has 0 saturated carbocycles. The van der Waals surface area contributed by atoms with Gasteiger partial charge in [-0.05, 0) is 13.8 Å². The van der Waals surface area contributed by atoms with Gasteiger partial charge in [-0.25, -0.2) is 0 Å². The van der Waals surface area contributed by atoms with E-state index in [4.69, 9.17) is 0 Å². The molecule has 2 unspecified atom stereocenters. The molecule has 0 heterocycles. The lowest BCUT2D eigenvalue weighted by atomic mass is 10.0. The molecule has 0 aliphatic heterocycles. The molecule has 4 N–H and O–H groups in total.